The summed E-state index contributed by atoms with van der Waals surface area (Å²) in [7, 11) is 0. The average molecular weight is 444 g/mol. The van der Waals surface area contributed by atoms with Crippen LogP contribution in [-0.2, 0) is 16.0 Å². The Kier molecular flexibility index (Phi) is 6.54. The fourth-order valence-corrected chi connectivity index (χ4v) is 4.02. The number of aromatic nitrogens is 1. The van der Waals surface area contributed by atoms with E-state index in [-0.39, 0.29) is 30.6 Å². The highest BCUT2D eigenvalue weighted by molar-refractivity contribution is 5.96. The minimum Gasteiger partial charge on any atom is -0.354 e. The maximum atomic E-state index is 13.4. The number of para-hydroxylation sites is 2. The van der Waals surface area contributed by atoms with Gasteiger partial charge in [0.15, 0.2) is 0 Å². The van der Waals surface area contributed by atoms with E-state index in [2.05, 4.69) is 15.6 Å². The molecule has 2 amide bonds. The predicted molar refractivity (Wildman–Crippen MR) is 130 cm³/mol. The Morgan fingerprint density at radius 3 is 2.30 bits per heavy atom. The Bertz CT molecular complexity index is 1290. The molecule has 0 radical (unpaired) electrons. The van der Waals surface area contributed by atoms with Gasteiger partial charge in [0, 0.05) is 28.7 Å². The van der Waals surface area contributed by atoms with E-state index in [4.69, 9.17) is 0 Å². The molecule has 0 bridgehead atoms. The number of amides is 2. The van der Waals surface area contributed by atoms with Crippen molar-refractivity contribution in [2.75, 3.05) is 11.9 Å². The molecule has 1 aromatic heterocycles. The molecule has 5 nitrogen and oxygen atoms in total. The molecule has 4 rings (SSSR count). The fraction of sp³-hybridized carbons (Fsp3) is 0.185. The molecule has 4 aromatic rings. The molecule has 3 aromatic carbocycles. The third kappa shape index (κ3) is 5.12. The zero-order valence-corrected chi connectivity index (χ0v) is 18.7. The molecule has 0 aliphatic rings. The lowest BCUT2D eigenvalue weighted by atomic mass is 10.0. The molecular formula is C27H26FN3O2. The number of benzene rings is 3. The Labute approximate surface area is 192 Å². The zero-order valence-electron chi connectivity index (χ0n) is 18.7. The molecule has 33 heavy (non-hydrogen) atoms. The molecular weight excluding hydrogens is 417 g/mol. The first-order valence-electron chi connectivity index (χ1n) is 10.9. The summed E-state index contributed by atoms with van der Waals surface area (Å²) in [6, 6.07) is 20.0. The molecule has 0 aliphatic heterocycles. The number of carbonyl (C=O) groups excluding carboxylic acids is 2. The number of rotatable bonds is 7. The molecule has 0 fully saturated rings. The van der Waals surface area contributed by atoms with Crippen LogP contribution in [0.5, 0.6) is 0 Å². The summed E-state index contributed by atoms with van der Waals surface area (Å²) in [6.45, 7) is 3.77. The summed E-state index contributed by atoms with van der Waals surface area (Å²) >= 11 is 0. The van der Waals surface area contributed by atoms with Crippen LogP contribution >= 0.6 is 0 Å². The number of hydrogen-bond acceptors (Lipinski definition) is 2. The number of carbonyl (C=O) groups is 2. The second-order valence-electron chi connectivity index (χ2n) is 8.12. The highest BCUT2D eigenvalue weighted by atomic mass is 19.1. The fourth-order valence-electron chi connectivity index (χ4n) is 4.02. The summed E-state index contributed by atoms with van der Waals surface area (Å²) in [5.41, 5.74) is 6.41. The summed E-state index contributed by atoms with van der Waals surface area (Å²) in [6.07, 6.45) is 0.716. The molecule has 0 unspecified atom stereocenters. The van der Waals surface area contributed by atoms with Gasteiger partial charge < -0.3 is 15.6 Å². The first-order valence-corrected chi connectivity index (χ1v) is 10.9. The number of hydrogen-bond donors (Lipinski definition) is 3. The highest BCUT2D eigenvalue weighted by Crippen LogP contribution is 2.31. The lowest BCUT2D eigenvalue weighted by molar-refractivity contribution is -0.124. The van der Waals surface area contributed by atoms with E-state index < -0.39 is 0 Å². The second kappa shape index (κ2) is 9.69. The SMILES string of the molecule is Cc1cccc(C)c1NC(=O)CNC(=O)CCc1c(-c2ccc(F)cc2)[nH]c2ccccc12. The minimum absolute atomic E-state index is 0.0920. The quantitative estimate of drug-likeness (QED) is 0.364. The van der Waals surface area contributed by atoms with Crippen LogP contribution in [-0.4, -0.2) is 23.3 Å². The number of anilines is 1. The van der Waals surface area contributed by atoms with E-state index in [1.165, 1.54) is 12.1 Å². The average Bonchev–Trinajstić information content (AvgIpc) is 3.18. The van der Waals surface area contributed by atoms with Crippen molar-refractivity contribution >= 4 is 28.4 Å². The van der Waals surface area contributed by atoms with E-state index in [0.717, 1.165) is 44.5 Å². The number of halogens is 1. The van der Waals surface area contributed by atoms with Gasteiger partial charge in [-0.05, 0) is 72.9 Å². The molecule has 0 saturated heterocycles. The van der Waals surface area contributed by atoms with Crippen LogP contribution in [0.2, 0.25) is 0 Å². The lowest BCUT2D eigenvalue weighted by Gasteiger charge is -2.12. The van der Waals surface area contributed by atoms with Crippen molar-refractivity contribution in [1.29, 1.82) is 0 Å². The van der Waals surface area contributed by atoms with Crippen molar-refractivity contribution < 1.29 is 14.0 Å². The van der Waals surface area contributed by atoms with Crippen LogP contribution in [0.3, 0.4) is 0 Å². The van der Waals surface area contributed by atoms with Crippen molar-refractivity contribution in [2.24, 2.45) is 0 Å². The molecule has 168 valence electrons. The van der Waals surface area contributed by atoms with Crippen LogP contribution in [0, 0.1) is 19.7 Å². The van der Waals surface area contributed by atoms with E-state index in [1.807, 2.05) is 56.3 Å². The lowest BCUT2D eigenvalue weighted by Crippen LogP contribution is -2.33. The van der Waals surface area contributed by atoms with Crippen molar-refractivity contribution in [3.63, 3.8) is 0 Å². The van der Waals surface area contributed by atoms with Crippen molar-refractivity contribution in [3.8, 4) is 11.3 Å². The van der Waals surface area contributed by atoms with Gasteiger partial charge >= 0.3 is 0 Å². The van der Waals surface area contributed by atoms with Gasteiger partial charge in [-0.25, -0.2) is 4.39 Å². The van der Waals surface area contributed by atoms with Crippen LogP contribution in [0.1, 0.15) is 23.1 Å². The Hall–Kier alpha value is -3.93. The predicted octanol–water partition coefficient (Wildman–Crippen LogP) is 5.28. The van der Waals surface area contributed by atoms with Crippen LogP contribution in [0.4, 0.5) is 10.1 Å². The Morgan fingerprint density at radius 1 is 0.879 bits per heavy atom. The van der Waals surface area contributed by atoms with Gasteiger partial charge in [0.25, 0.3) is 0 Å². The minimum atomic E-state index is -0.296. The number of H-pyrrole nitrogens is 1. The maximum absolute atomic E-state index is 13.4. The Balaban J connectivity index is 1.42. The third-order valence-electron chi connectivity index (χ3n) is 5.74. The highest BCUT2D eigenvalue weighted by Gasteiger charge is 2.15. The normalized spacial score (nSPS) is 10.9. The molecule has 3 N–H and O–H groups in total. The van der Waals surface area contributed by atoms with Gasteiger partial charge in [-0.2, -0.15) is 0 Å². The molecule has 1 heterocycles. The first-order chi connectivity index (χ1) is 15.9. The van der Waals surface area contributed by atoms with Gasteiger partial charge in [-0.15, -0.1) is 0 Å². The van der Waals surface area contributed by atoms with Crippen LogP contribution < -0.4 is 10.6 Å². The van der Waals surface area contributed by atoms with Crippen molar-refractivity contribution in [2.45, 2.75) is 26.7 Å². The molecule has 0 saturated carbocycles. The van der Waals surface area contributed by atoms with Gasteiger partial charge in [0.05, 0.1) is 6.54 Å². The third-order valence-corrected chi connectivity index (χ3v) is 5.74. The standard InChI is InChI=1S/C27H26FN3O2/c1-17-6-5-7-18(2)26(17)31-25(33)16-29-24(32)15-14-22-21-8-3-4-9-23(21)30-27(22)19-10-12-20(28)13-11-19/h3-13,30H,14-16H2,1-2H3,(H,29,32)(H,31,33). The van der Waals surface area contributed by atoms with E-state index in [0.29, 0.717) is 6.42 Å². The van der Waals surface area contributed by atoms with Crippen LogP contribution in [0.15, 0.2) is 66.7 Å². The van der Waals surface area contributed by atoms with Gasteiger partial charge in [-0.3, -0.25) is 9.59 Å². The van der Waals surface area contributed by atoms with E-state index in [9.17, 15) is 14.0 Å². The second-order valence-corrected chi connectivity index (χ2v) is 8.12. The molecule has 0 spiro atoms. The smallest absolute Gasteiger partial charge is 0.243 e. The monoisotopic (exact) mass is 443 g/mol. The molecule has 6 heteroatoms. The maximum Gasteiger partial charge on any atom is 0.243 e. The first kappa shape index (κ1) is 22.3. The number of nitrogens with one attached hydrogen (secondary N) is 3. The summed E-state index contributed by atoms with van der Waals surface area (Å²) in [5, 5.41) is 6.61. The molecule has 0 atom stereocenters. The number of aromatic amines is 1. The number of aryl methyl sites for hydroxylation is 3. The zero-order chi connectivity index (χ0) is 23.4. The summed E-state index contributed by atoms with van der Waals surface area (Å²) in [4.78, 5) is 28.2. The largest absolute Gasteiger partial charge is 0.354 e. The van der Waals surface area contributed by atoms with Gasteiger partial charge in [0.2, 0.25) is 11.8 Å². The van der Waals surface area contributed by atoms with Crippen LogP contribution in [0.25, 0.3) is 22.2 Å². The summed E-state index contributed by atoms with van der Waals surface area (Å²) < 4.78 is 13.4. The summed E-state index contributed by atoms with van der Waals surface area (Å²) in [5.74, 6) is -0.767. The van der Waals surface area contributed by atoms with Crippen molar-refractivity contribution in [1.82, 2.24) is 10.3 Å². The molecule has 0 aliphatic carbocycles. The number of fused-ring (bicyclic) bond motifs is 1. The topological polar surface area (TPSA) is 74.0 Å². The Morgan fingerprint density at radius 2 is 1.58 bits per heavy atom. The van der Waals surface area contributed by atoms with E-state index in [1.54, 1.807) is 12.1 Å². The van der Waals surface area contributed by atoms with Gasteiger partial charge in [0.1, 0.15) is 5.82 Å². The van der Waals surface area contributed by atoms with Gasteiger partial charge in [-0.1, -0.05) is 36.4 Å². The van der Waals surface area contributed by atoms with E-state index >= 15 is 0 Å². The van der Waals surface area contributed by atoms with Crippen molar-refractivity contribution in [3.05, 3.63) is 89.2 Å².